The second kappa shape index (κ2) is 13.4. The quantitative estimate of drug-likeness (QED) is 0.129. The smallest absolute Gasteiger partial charge is 0.251 e. The maximum absolute atomic E-state index is 12.4. The molecule has 4 N–H and O–H groups in total. The molecule has 44 heavy (non-hydrogen) atoms. The van der Waals surface area contributed by atoms with Crippen molar-refractivity contribution < 1.29 is 9.90 Å². The molecule has 1 aliphatic carbocycles. The minimum absolute atomic E-state index is 0.0787. The molecule has 1 saturated heterocycles. The third-order valence-corrected chi connectivity index (χ3v) is 9.02. The molecule has 2 aromatic heterocycles. The van der Waals surface area contributed by atoms with Crippen molar-refractivity contribution in [2.75, 3.05) is 32.1 Å². The number of halogens is 1. The van der Waals surface area contributed by atoms with E-state index < -0.39 is 0 Å². The number of hydrogen-bond acceptors (Lipinski definition) is 6. The SMILES string of the molecule is C=C(CO)C(=O)N1CC2(CC(n3nc(-c4ccc(NC)c(C=N)c4)c(-c4c(Cl)c(C)cc5[nH]ncc45)c3C)C2)C1.CC.CC. The highest BCUT2D eigenvalue weighted by Crippen LogP contribution is 2.55. The number of rotatable bonds is 7. The van der Waals surface area contributed by atoms with E-state index in [-0.39, 0.29) is 29.5 Å². The summed E-state index contributed by atoms with van der Waals surface area (Å²) >= 11 is 7.01. The zero-order valence-electron chi connectivity index (χ0n) is 26.8. The maximum Gasteiger partial charge on any atom is 0.251 e. The van der Waals surface area contributed by atoms with Gasteiger partial charge in [-0.1, -0.05) is 51.9 Å². The summed E-state index contributed by atoms with van der Waals surface area (Å²) in [7, 11) is 1.84. The van der Waals surface area contributed by atoms with Crippen molar-refractivity contribution in [1.29, 1.82) is 5.41 Å². The first-order valence-corrected chi connectivity index (χ1v) is 15.7. The number of carbonyl (C=O) groups is 1. The van der Waals surface area contributed by atoms with Gasteiger partial charge in [0.25, 0.3) is 5.91 Å². The highest BCUT2D eigenvalue weighted by Gasteiger charge is 2.55. The van der Waals surface area contributed by atoms with Crippen molar-refractivity contribution in [2.24, 2.45) is 5.41 Å². The average Bonchev–Trinajstić information content (AvgIpc) is 3.61. The summed E-state index contributed by atoms with van der Waals surface area (Å²) in [5.74, 6) is -0.165. The molecule has 1 aliphatic heterocycles. The number of fused-ring (bicyclic) bond motifs is 1. The van der Waals surface area contributed by atoms with Crippen molar-refractivity contribution in [3.63, 3.8) is 0 Å². The molecule has 2 aromatic carbocycles. The average molecular weight is 618 g/mol. The van der Waals surface area contributed by atoms with Crippen LogP contribution in [0.5, 0.6) is 0 Å². The van der Waals surface area contributed by atoms with Crippen LogP contribution >= 0.6 is 11.6 Å². The summed E-state index contributed by atoms with van der Waals surface area (Å²) < 4.78 is 2.12. The van der Waals surface area contributed by atoms with Gasteiger partial charge < -0.3 is 20.7 Å². The van der Waals surface area contributed by atoms with E-state index in [1.54, 1.807) is 4.90 Å². The Kier molecular flexibility index (Phi) is 10.0. The van der Waals surface area contributed by atoms with Gasteiger partial charge in [-0.2, -0.15) is 10.2 Å². The molecular formula is C34H44ClN7O2. The molecule has 10 heteroatoms. The number of likely N-dealkylation sites (tertiary alicyclic amines) is 1. The largest absolute Gasteiger partial charge is 0.391 e. The van der Waals surface area contributed by atoms with Crippen molar-refractivity contribution in [3.8, 4) is 22.4 Å². The van der Waals surface area contributed by atoms with Crippen LogP contribution in [0.25, 0.3) is 33.3 Å². The zero-order valence-corrected chi connectivity index (χ0v) is 27.6. The van der Waals surface area contributed by atoms with E-state index in [4.69, 9.17) is 22.1 Å². The Bertz CT molecular complexity index is 1690. The fourth-order valence-corrected chi connectivity index (χ4v) is 6.70. The molecule has 0 atom stereocenters. The predicted molar refractivity (Wildman–Crippen MR) is 181 cm³/mol. The first kappa shape index (κ1) is 33.0. The number of amides is 1. The Hall–Kier alpha value is -3.95. The molecule has 0 radical (unpaired) electrons. The van der Waals surface area contributed by atoms with Gasteiger partial charge in [0, 0.05) is 76.4 Å². The van der Waals surface area contributed by atoms with Gasteiger partial charge >= 0.3 is 0 Å². The number of aromatic amines is 1. The van der Waals surface area contributed by atoms with E-state index in [0.717, 1.165) is 68.6 Å². The van der Waals surface area contributed by atoms with Gasteiger partial charge in [0.05, 0.1) is 29.4 Å². The van der Waals surface area contributed by atoms with E-state index in [2.05, 4.69) is 33.7 Å². The van der Waals surface area contributed by atoms with Crippen LogP contribution in [-0.2, 0) is 4.79 Å². The van der Waals surface area contributed by atoms with Crippen LogP contribution in [0, 0.1) is 24.7 Å². The summed E-state index contributed by atoms with van der Waals surface area (Å²) in [4.78, 5) is 14.2. The number of aliphatic hydroxyl groups excluding tert-OH is 1. The van der Waals surface area contributed by atoms with Crippen LogP contribution in [0.1, 0.15) is 63.4 Å². The Morgan fingerprint density at radius 3 is 2.50 bits per heavy atom. The summed E-state index contributed by atoms with van der Waals surface area (Å²) in [5, 5.41) is 34.5. The van der Waals surface area contributed by atoms with Crippen LogP contribution in [0.15, 0.2) is 42.6 Å². The molecule has 4 aromatic rings. The summed E-state index contributed by atoms with van der Waals surface area (Å²) in [6.45, 7) is 16.8. The lowest BCUT2D eigenvalue weighted by Gasteiger charge is -2.59. The van der Waals surface area contributed by atoms with Gasteiger partial charge in [0.2, 0.25) is 0 Å². The first-order valence-electron chi connectivity index (χ1n) is 15.3. The number of H-pyrrole nitrogens is 1. The number of aliphatic hydroxyl groups is 1. The molecule has 234 valence electrons. The summed E-state index contributed by atoms with van der Waals surface area (Å²) in [5.41, 5.74) is 8.39. The van der Waals surface area contributed by atoms with E-state index in [1.807, 2.05) is 72.1 Å². The number of aromatic nitrogens is 4. The maximum atomic E-state index is 12.4. The number of nitrogens with one attached hydrogen (secondary N) is 3. The van der Waals surface area contributed by atoms with E-state index in [0.29, 0.717) is 18.1 Å². The standard InChI is InChI=1S/C30H32ClN7O2.2C2H6/c1-16-7-24-22(12-34-35-24)26(27(16)31)25-18(3)38(36-28(25)19-5-6-23(33-4)20(8-19)11-32)21-9-30(10-21)14-37(15-30)29(40)17(2)13-39;2*1-2/h5-8,11-12,21,32-33,39H,2,9-10,13-15H2,1,3-4H3,(H,34,35);2*1-2H3. The van der Waals surface area contributed by atoms with Gasteiger partial charge in [-0.15, -0.1) is 0 Å². The predicted octanol–water partition coefficient (Wildman–Crippen LogP) is 7.17. The van der Waals surface area contributed by atoms with E-state index >= 15 is 0 Å². The van der Waals surface area contributed by atoms with Gasteiger partial charge in [-0.3, -0.25) is 14.6 Å². The Labute approximate surface area is 264 Å². The highest BCUT2D eigenvalue weighted by atomic mass is 35.5. The van der Waals surface area contributed by atoms with Crippen molar-refractivity contribution in [3.05, 3.63) is 64.5 Å². The van der Waals surface area contributed by atoms with Gasteiger partial charge in [0.1, 0.15) is 5.69 Å². The molecule has 0 bridgehead atoms. The normalized spacial score (nSPS) is 15.0. The van der Waals surface area contributed by atoms with Crippen LogP contribution in [0.3, 0.4) is 0 Å². The summed E-state index contributed by atoms with van der Waals surface area (Å²) in [6.07, 6.45) is 4.98. The number of carbonyl (C=O) groups excluding carboxylic acids is 1. The van der Waals surface area contributed by atoms with Crippen LogP contribution in [-0.4, -0.2) is 68.9 Å². The van der Waals surface area contributed by atoms with Crippen LogP contribution in [0.4, 0.5) is 5.69 Å². The number of benzene rings is 2. The lowest BCUT2D eigenvalue weighted by atomic mass is 9.60. The Morgan fingerprint density at radius 2 is 1.89 bits per heavy atom. The third kappa shape index (κ3) is 5.55. The fourth-order valence-electron chi connectivity index (χ4n) is 6.45. The lowest BCUT2D eigenvalue weighted by molar-refractivity contribution is -0.150. The second-order valence-corrected chi connectivity index (χ2v) is 11.5. The first-order chi connectivity index (χ1) is 21.2. The van der Waals surface area contributed by atoms with E-state index in [1.165, 1.54) is 6.21 Å². The molecular weight excluding hydrogens is 574 g/mol. The van der Waals surface area contributed by atoms with Gasteiger partial charge in [0.15, 0.2) is 0 Å². The molecule has 1 spiro atoms. The second-order valence-electron chi connectivity index (χ2n) is 11.1. The van der Waals surface area contributed by atoms with Gasteiger partial charge in [-0.25, -0.2) is 0 Å². The number of hydrogen-bond donors (Lipinski definition) is 4. The molecule has 1 saturated carbocycles. The lowest BCUT2D eigenvalue weighted by Crippen LogP contribution is -2.64. The third-order valence-electron chi connectivity index (χ3n) is 8.53. The van der Waals surface area contributed by atoms with Crippen molar-refractivity contribution >= 4 is 40.3 Å². The van der Waals surface area contributed by atoms with Gasteiger partial charge in [-0.05, 0) is 50.5 Å². The minimum atomic E-state index is -0.316. The Morgan fingerprint density at radius 1 is 1.20 bits per heavy atom. The Balaban J connectivity index is 0.00000106. The summed E-state index contributed by atoms with van der Waals surface area (Å²) in [6, 6.07) is 8.17. The van der Waals surface area contributed by atoms with Crippen LogP contribution < -0.4 is 5.32 Å². The molecule has 0 unspecified atom stereocenters. The number of nitrogens with zero attached hydrogens (tertiary/aromatic N) is 4. The fraction of sp³-hybridized carbons (Fsp3) is 0.412. The molecule has 3 heterocycles. The van der Waals surface area contributed by atoms with Crippen LogP contribution in [0.2, 0.25) is 5.02 Å². The highest BCUT2D eigenvalue weighted by molar-refractivity contribution is 6.36. The van der Waals surface area contributed by atoms with Crippen molar-refractivity contribution in [2.45, 2.75) is 60.4 Å². The minimum Gasteiger partial charge on any atom is -0.391 e. The van der Waals surface area contributed by atoms with Crippen molar-refractivity contribution in [1.82, 2.24) is 24.9 Å². The number of anilines is 1. The number of aryl methyl sites for hydroxylation is 1. The monoisotopic (exact) mass is 617 g/mol. The van der Waals surface area contributed by atoms with E-state index in [9.17, 15) is 9.90 Å². The molecule has 9 nitrogen and oxygen atoms in total. The molecule has 6 rings (SSSR count). The molecule has 1 amide bonds. The molecule has 2 fully saturated rings. The topological polar surface area (TPSA) is 123 Å². The zero-order chi connectivity index (χ0) is 32.3. The molecule has 2 aliphatic rings.